The van der Waals surface area contributed by atoms with Crippen molar-refractivity contribution in [1.29, 1.82) is 0 Å². The Morgan fingerprint density at radius 2 is 0.879 bits per heavy atom. The first-order valence-electron chi connectivity index (χ1n) is 13.0. The van der Waals surface area contributed by atoms with Crippen molar-refractivity contribution >= 4 is 11.8 Å². The lowest BCUT2D eigenvalue weighted by Gasteiger charge is -2.48. The Morgan fingerprint density at radius 3 is 1.12 bits per heavy atom. The molecule has 0 radical (unpaired) electrons. The number of amides is 2. The van der Waals surface area contributed by atoms with E-state index in [0.717, 1.165) is 38.5 Å². The molecule has 0 bridgehead atoms. The number of hydrogen-bond acceptors (Lipinski definition) is 4. The molecule has 0 aromatic rings. The van der Waals surface area contributed by atoms with Gasteiger partial charge in [0, 0.05) is 0 Å². The van der Waals surface area contributed by atoms with Crippen LogP contribution in [0.4, 0.5) is 0 Å². The summed E-state index contributed by atoms with van der Waals surface area (Å²) in [5.74, 6) is -0.774. The number of aliphatic hydroxyl groups is 2. The largest absolute Gasteiger partial charge is 0.388 e. The van der Waals surface area contributed by atoms with Crippen molar-refractivity contribution in [3.8, 4) is 0 Å². The van der Waals surface area contributed by atoms with Crippen LogP contribution in [-0.2, 0) is 9.59 Å². The van der Waals surface area contributed by atoms with E-state index in [1.54, 1.807) is 13.8 Å². The van der Waals surface area contributed by atoms with Gasteiger partial charge in [0.2, 0.25) is 11.8 Å². The van der Waals surface area contributed by atoms with Gasteiger partial charge in [-0.1, -0.05) is 80.1 Å². The fraction of sp³-hybridized carbons (Fsp3) is 0.926. The van der Waals surface area contributed by atoms with Crippen molar-refractivity contribution in [2.24, 2.45) is 16.2 Å². The van der Waals surface area contributed by atoms with E-state index in [4.69, 9.17) is 0 Å². The second kappa shape index (κ2) is 9.85. The molecule has 0 heterocycles. The molecule has 0 aromatic carbocycles. The van der Waals surface area contributed by atoms with Crippen molar-refractivity contribution in [3.05, 3.63) is 0 Å². The lowest BCUT2D eigenvalue weighted by atomic mass is 9.69. The topological polar surface area (TPSA) is 98.7 Å². The third-order valence-electron chi connectivity index (χ3n) is 7.93. The van der Waals surface area contributed by atoms with Gasteiger partial charge in [0.25, 0.3) is 0 Å². The Labute approximate surface area is 201 Å². The number of rotatable bonds is 6. The van der Waals surface area contributed by atoms with Gasteiger partial charge >= 0.3 is 0 Å². The van der Waals surface area contributed by atoms with Crippen molar-refractivity contribution in [2.45, 2.75) is 143 Å². The van der Waals surface area contributed by atoms with Crippen LogP contribution < -0.4 is 10.6 Å². The number of nitrogens with one attached hydrogen (secondary N) is 2. The zero-order valence-electron chi connectivity index (χ0n) is 22.4. The van der Waals surface area contributed by atoms with E-state index in [-0.39, 0.29) is 22.6 Å². The smallest absolute Gasteiger partial charge is 0.235 e. The van der Waals surface area contributed by atoms with E-state index in [2.05, 4.69) is 10.6 Å². The monoisotopic (exact) mass is 466 g/mol. The van der Waals surface area contributed by atoms with E-state index in [1.807, 2.05) is 41.5 Å². The Hall–Kier alpha value is -1.14. The summed E-state index contributed by atoms with van der Waals surface area (Å²) in [6.45, 7) is 15.4. The Morgan fingerprint density at radius 1 is 0.606 bits per heavy atom. The van der Waals surface area contributed by atoms with Gasteiger partial charge in [0.15, 0.2) is 0 Å². The minimum absolute atomic E-state index is 0.362. The highest BCUT2D eigenvalue weighted by atomic mass is 16.3. The molecule has 2 atom stereocenters. The van der Waals surface area contributed by atoms with Crippen LogP contribution in [0.25, 0.3) is 0 Å². The lowest BCUT2D eigenvalue weighted by molar-refractivity contribution is -0.149. The van der Waals surface area contributed by atoms with Gasteiger partial charge in [-0.05, 0) is 50.4 Å². The number of carbonyl (C=O) groups is 2. The van der Waals surface area contributed by atoms with Crippen molar-refractivity contribution in [1.82, 2.24) is 10.6 Å². The van der Waals surface area contributed by atoms with Crippen LogP contribution in [-0.4, -0.2) is 45.3 Å². The molecule has 2 aliphatic carbocycles. The van der Waals surface area contributed by atoms with Crippen molar-refractivity contribution in [2.75, 3.05) is 0 Å². The summed E-state index contributed by atoms with van der Waals surface area (Å²) in [6.07, 6.45) is 8.56. The summed E-state index contributed by atoms with van der Waals surface area (Å²) in [6, 6.07) is -0.906. The third kappa shape index (κ3) is 6.50. The fourth-order valence-corrected chi connectivity index (χ4v) is 5.95. The fourth-order valence-electron chi connectivity index (χ4n) is 5.95. The zero-order chi connectivity index (χ0) is 25.3. The quantitative estimate of drug-likeness (QED) is 0.434. The molecule has 2 rings (SSSR count). The zero-order valence-corrected chi connectivity index (χ0v) is 22.4. The Balaban J connectivity index is 2.23. The molecule has 2 fully saturated rings. The Kier molecular flexibility index (Phi) is 8.39. The molecule has 2 unspecified atom stereocenters. The predicted octanol–water partition coefficient (Wildman–Crippen LogP) is 4.46. The summed E-state index contributed by atoms with van der Waals surface area (Å²) in [5, 5.41) is 29.0. The molecule has 6 nitrogen and oxygen atoms in total. The SMILES string of the molecule is CC(C)(C(=O)NC(C(C)(C)C)C1(O)CCCCC1)C(=O)NC(C(C)(C)C)C1(O)CCCCC1. The van der Waals surface area contributed by atoms with Crippen LogP contribution in [0.3, 0.4) is 0 Å². The molecule has 2 saturated carbocycles. The first-order chi connectivity index (χ1) is 14.9. The summed E-state index contributed by atoms with van der Waals surface area (Å²) in [7, 11) is 0. The van der Waals surface area contributed by atoms with E-state index >= 15 is 0 Å². The van der Waals surface area contributed by atoms with Crippen LogP contribution in [0.5, 0.6) is 0 Å². The highest BCUT2D eigenvalue weighted by molar-refractivity contribution is 6.04. The van der Waals surface area contributed by atoms with Crippen LogP contribution in [0.2, 0.25) is 0 Å². The molecule has 0 spiro atoms. The average molecular weight is 467 g/mol. The van der Waals surface area contributed by atoms with E-state index in [0.29, 0.717) is 25.7 Å². The second-order valence-corrected chi connectivity index (χ2v) is 13.5. The maximum Gasteiger partial charge on any atom is 0.235 e. The van der Waals surface area contributed by atoms with E-state index in [9.17, 15) is 19.8 Å². The summed E-state index contributed by atoms with van der Waals surface area (Å²) < 4.78 is 0. The first-order valence-corrected chi connectivity index (χ1v) is 13.0. The minimum atomic E-state index is -1.34. The van der Waals surface area contributed by atoms with Gasteiger partial charge in [-0.2, -0.15) is 0 Å². The predicted molar refractivity (Wildman–Crippen MR) is 133 cm³/mol. The molecule has 4 N–H and O–H groups in total. The maximum absolute atomic E-state index is 13.5. The molecule has 192 valence electrons. The van der Waals surface area contributed by atoms with Crippen LogP contribution in [0, 0.1) is 16.2 Å². The minimum Gasteiger partial charge on any atom is -0.388 e. The van der Waals surface area contributed by atoms with Crippen molar-refractivity contribution < 1.29 is 19.8 Å². The molecule has 2 amide bonds. The van der Waals surface area contributed by atoms with Crippen molar-refractivity contribution in [3.63, 3.8) is 0 Å². The standard InChI is InChI=1S/C27H50N2O4/c1-23(2,3)19(26(32)15-11-9-12-16-26)28-21(30)25(7,8)22(31)29-20(24(4,5)6)27(33)17-13-10-14-18-27/h19-20,32-33H,9-18H2,1-8H3,(H,28,30)(H,29,31). The summed E-state index contributed by atoms with van der Waals surface area (Å²) in [5.41, 5.74) is -4.00. The molecular formula is C27H50N2O4. The molecule has 0 aromatic heterocycles. The van der Waals surface area contributed by atoms with Gasteiger partial charge in [-0.3, -0.25) is 9.59 Å². The molecule has 6 heteroatoms. The van der Waals surface area contributed by atoms with Crippen LogP contribution in [0.1, 0.15) is 120 Å². The normalized spacial score (nSPS) is 23.3. The summed E-state index contributed by atoms with van der Waals surface area (Å²) in [4.78, 5) is 27.0. The molecule has 0 aliphatic heterocycles. The highest BCUT2D eigenvalue weighted by Crippen LogP contribution is 2.40. The average Bonchev–Trinajstić information content (AvgIpc) is 2.68. The molecular weight excluding hydrogens is 416 g/mol. The van der Waals surface area contributed by atoms with Crippen LogP contribution in [0.15, 0.2) is 0 Å². The first kappa shape index (κ1) is 28.1. The second-order valence-electron chi connectivity index (χ2n) is 13.5. The van der Waals surface area contributed by atoms with E-state index < -0.39 is 28.7 Å². The van der Waals surface area contributed by atoms with Gasteiger partial charge < -0.3 is 20.8 Å². The Bertz CT molecular complexity index is 632. The van der Waals surface area contributed by atoms with E-state index in [1.165, 1.54) is 0 Å². The van der Waals surface area contributed by atoms with Gasteiger partial charge in [-0.25, -0.2) is 0 Å². The number of carbonyl (C=O) groups excluding carboxylic acids is 2. The maximum atomic E-state index is 13.5. The van der Waals surface area contributed by atoms with Crippen LogP contribution >= 0.6 is 0 Å². The van der Waals surface area contributed by atoms with Gasteiger partial charge in [-0.15, -0.1) is 0 Å². The third-order valence-corrected chi connectivity index (χ3v) is 7.93. The molecule has 33 heavy (non-hydrogen) atoms. The number of hydrogen-bond donors (Lipinski definition) is 4. The lowest BCUT2D eigenvalue weighted by Crippen LogP contribution is -2.65. The summed E-state index contributed by atoms with van der Waals surface area (Å²) >= 11 is 0. The van der Waals surface area contributed by atoms with Gasteiger partial charge in [0.05, 0.1) is 23.3 Å². The molecule has 2 aliphatic rings. The highest BCUT2D eigenvalue weighted by Gasteiger charge is 2.50. The molecule has 0 saturated heterocycles. The van der Waals surface area contributed by atoms with Gasteiger partial charge in [0.1, 0.15) is 5.41 Å².